The van der Waals surface area contributed by atoms with Crippen molar-refractivity contribution in [2.45, 2.75) is 58.6 Å². The molecule has 0 saturated carbocycles. The molecule has 1 aromatic carbocycles. The monoisotopic (exact) mass is 313 g/mol. The van der Waals surface area contributed by atoms with Crippen LogP contribution in [0.4, 0.5) is 4.39 Å². The highest BCUT2D eigenvalue weighted by atomic mass is 19.1. The molecule has 3 unspecified atom stereocenters. The molecule has 0 aromatic heterocycles. The molecule has 0 amide bonds. The molecule has 1 rings (SSSR count). The summed E-state index contributed by atoms with van der Waals surface area (Å²) in [6, 6.07) is 2.73. The highest BCUT2D eigenvalue weighted by molar-refractivity contribution is 5.45. The van der Waals surface area contributed by atoms with Crippen LogP contribution in [0, 0.1) is 5.82 Å². The van der Waals surface area contributed by atoms with Crippen LogP contribution in [0.25, 0.3) is 0 Å². The second kappa shape index (κ2) is 8.96. The van der Waals surface area contributed by atoms with E-state index in [0.29, 0.717) is 43.1 Å². The van der Waals surface area contributed by atoms with E-state index in [1.54, 1.807) is 6.07 Å². The molecule has 0 spiro atoms. The number of aliphatic hydroxyl groups excluding tert-OH is 1. The Morgan fingerprint density at radius 1 is 1.14 bits per heavy atom. The lowest BCUT2D eigenvalue weighted by Crippen LogP contribution is -2.34. The molecular formula is C17H28FNO3. The summed E-state index contributed by atoms with van der Waals surface area (Å²) < 4.78 is 25.3. The van der Waals surface area contributed by atoms with Gasteiger partial charge in [0.1, 0.15) is 5.82 Å². The normalized spacial score (nSPS) is 15.2. The van der Waals surface area contributed by atoms with Crippen molar-refractivity contribution in [2.75, 3.05) is 13.2 Å². The fourth-order valence-electron chi connectivity index (χ4n) is 2.40. The van der Waals surface area contributed by atoms with Gasteiger partial charge in [0.15, 0.2) is 11.5 Å². The van der Waals surface area contributed by atoms with E-state index in [9.17, 15) is 9.50 Å². The van der Waals surface area contributed by atoms with Crippen molar-refractivity contribution in [1.82, 2.24) is 0 Å². The topological polar surface area (TPSA) is 64.7 Å². The maximum atomic E-state index is 14.3. The van der Waals surface area contributed by atoms with Gasteiger partial charge in [-0.05, 0) is 44.2 Å². The number of benzene rings is 1. The predicted molar refractivity (Wildman–Crippen MR) is 86.0 cm³/mol. The quantitative estimate of drug-likeness (QED) is 0.735. The zero-order valence-electron chi connectivity index (χ0n) is 13.9. The molecule has 0 saturated heterocycles. The summed E-state index contributed by atoms with van der Waals surface area (Å²) in [7, 11) is 0. The zero-order valence-corrected chi connectivity index (χ0v) is 13.9. The summed E-state index contributed by atoms with van der Waals surface area (Å²) in [5.74, 6) is 0.421. The first-order chi connectivity index (χ1) is 10.4. The van der Waals surface area contributed by atoms with E-state index in [0.717, 1.165) is 0 Å². The van der Waals surface area contributed by atoms with Crippen molar-refractivity contribution in [3.63, 3.8) is 0 Å². The Morgan fingerprint density at radius 2 is 1.68 bits per heavy atom. The van der Waals surface area contributed by atoms with E-state index in [1.165, 1.54) is 6.07 Å². The van der Waals surface area contributed by atoms with E-state index in [4.69, 9.17) is 15.2 Å². The lowest BCUT2D eigenvalue weighted by Gasteiger charge is -2.22. The molecule has 22 heavy (non-hydrogen) atoms. The maximum Gasteiger partial charge on any atom is 0.164 e. The van der Waals surface area contributed by atoms with Crippen molar-refractivity contribution >= 4 is 0 Å². The number of rotatable bonds is 9. The van der Waals surface area contributed by atoms with Crippen molar-refractivity contribution in [3.8, 4) is 11.5 Å². The Balaban J connectivity index is 3.00. The van der Waals surface area contributed by atoms with Gasteiger partial charge in [-0.1, -0.05) is 13.8 Å². The van der Waals surface area contributed by atoms with E-state index in [1.807, 2.05) is 27.7 Å². The molecule has 4 nitrogen and oxygen atoms in total. The summed E-state index contributed by atoms with van der Waals surface area (Å²) in [6.07, 6.45) is 0.441. The van der Waals surface area contributed by atoms with Crippen LogP contribution in [-0.4, -0.2) is 30.5 Å². The first-order valence-corrected chi connectivity index (χ1v) is 7.97. The van der Waals surface area contributed by atoms with Crippen LogP contribution < -0.4 is 15.2 Å². The lowest BCUT2D eigenvalue weighted by molar-refractivity contribution is 0.126. The number of aliphatic hydroxyl groups is 1. The molecule has 3 N–H and O–H groups in total. The smallest absolute Gasteiger partial charge is 0.164 e. The molecule has 126 valence electrons. The molecule has 0 aliphatic carbocycles. The molecule has 0 heterocycles. The number of ether oxygens (including phenoxy) is 2. The fraction of sp³-hybridized carbons (Fsp3) is 0.647. The summed E-state index contributed by atoms with van der Waals surface area (Å²) in [4.78, 5) is 0. The van der Waals surface area contributed by atoms with Crippen LogP contribution in [0.15, 0.2) is 12.1 Å². The van der Waals surface area contributed by atoms with Gasteiger partial charge in [-0.15, -0.1) is 0 Å². The van der Waals surface area contributed by atoms with E-state index < -0.39 is 6.10 Å². The van der Waals surface area contributed by atoms with Gasteiger partial charge in [0.2, 0.25) is 0 Å². The van der Waals surface area contributed by atoms with Crippen LogP contribution in [0.2, 0.25) is 0 Å². The van der Waals surface area contributed by atoms with Gasteiger partial charge in [-0.2, -0.15) is 0 Å². The second-order valence-electron chi connectivity index (χ2n) is 5.46. The van der Waals surface area contributed by atoms with Crippen molar-refractivity contribution in [1.29, 1.82) is 0 Å². The minimum atomic E-state index is -0.651. The van der Waals surface area contributed by atoms with Crippen molar-refractivity contribution < 1.29 is 19.0 Å². The Labute approximate surface area is 132 Å². The highest BCUT2D eigenvalue weighted by Crippen LogP contribution is 2.35. The van der Waals surface area contributed by atoms with Gasteiger partial charge >= 0.3 is 0 Å². The number of hydrogen-bond donors (Lipinski definition) is 2. The lowest BCUT2D eigenvalue weighted by atomic mass is 9.91. The first-order valence-electron chi connectivity index (χ1n) is 7.97. The summed E-state index contributed by atoms with van der Waals surface area (Å²) >= 11 is 0. The molecule has 0 bridgehead atoms. The van der Waals surface area contributed by atoms with Crippen LogP contribution in [0.3, 0.4) is 0 Å². The molecule has 3 atom stereocenters. The third-order valence-corrected chi connectivity index (χ3v) is 3.75. The predicted octanol–water partition coefficient (Wildman–Crippen LogP) is 3.21. The van der Waals surface area contributed by atoms with Gasteiger partial charge in [-0.25, -0.2) is 4.39 Å². The molecule has 1 aromatic rings. The summed E-state index contributed by atoms with van der Waals surface area (Å²) in [6.45, 7) is 8.42. The second-order valence-corrected chi connectivity index (χ2v) is 5.46. The SMILES string of the molecule is CCOc1cc(F)c(C(C)CC(O)C(N)CC)cc1OCC. The molecule has 0 radical (unpaired) electrons. The van der Waals surface area contributed by atoms with Crippen molar-refractivity contribution in [2.24, 2.45) is 5.73 Å². The number of halogens is 1. The molecule has 0 aliphatic heterocycles. The minimum absolute atomic E-state index is 0.164. The summed E-state index contributed by atoms with van der Waals surface area (Å²) in [5, 5.41) is 10.0. The molecule has 0 aliphatic rings. The first kappa shape index (κ1) is 18.7. The van der Waals surface area contributed by atoms with E-state index >= 15 is 0 Å². The Hall–Kier alpha value is -1.33. The van der Waals surface area contributed by atoms with Gasteiger partial charge < -0.3 is 20.3 Å². The maximum absolute atomic E-state index is 14.3. The standard InChI is InChI=1S/C17H28FNO3/c1-5-14(19)15(20)8-11(4)12-9-16(21-6-2)17(22-7-3)10-13(12)18/h9-11,14-15,20H,5-8,19H2,1-4H3. The largest absolute Gasteiger partial charge is 0.490 e. The van der Waals surface area contributed by atoms with Gasteiger partial charge in [0.25, 0.3) is 0 Å². The summed E-state index contributed by atoms with van der Waals surface area (Å²) in [5.41, 5.74) is 6.34. The third kappa shape index (κ3) is 4.85. The number of nitrogens with two attached hydrogens (primary N) is 1. The fourth-order valence-corrected chi connectivity index (χ4v) is 2.40. The average molecular weight is 313 g/mol. The molecular weight excluding hydrogens is 285 g/mol. The van der Waals surface area contributed by atoms with Crippen molar-refractivity contribution in [3.05, 3.63) is 23.5 Å². The van der Waals surface area contributed by atoms with Crippen LogP contribution in [0.1, 0.15) is 52.0 Å². The van der Waals surface area contributed by atoms with Gasteiger partial charge in [0, 0.05) is 12.1 Å². The van der Waals surface area contributed by atoms with Crippen LogP contribution in [-0.2, 0) is 0 Å². The van der Waals surface area contributed by atoms with Gasteiger partial charge in [0.05, 0.1) is 19.3 Å². The van der Waals surface area contributed by atoms with Crippen LogP contribution in [0.5, 0.6) is 11.5 Å². The highest BCUT2D eigenvalue weighted by Gasteiger charge is 2.21. The molecule has 0 fully saturated rings. The minimum Gasteiger partial charge on any atom is -0.490 e. The number of hydrogen-bond acceptors (Lipinski definition) is 4. The van der Waals surface area contributed by atoms with Gasteiger partial charge in [-0.3, -0.25) is 0 Å². The van der Waals surface area contributed by atoms with E-state index in [-0.39, 0.29) is 17.8 Å². The van der Waals surface area contributed by atoms with E-state index in [2.05, 4.69) is 0 Å². The average Bonchev–Trinajstić information content (AvgIpc) is 2.49. The Bertz CT molecular complexity index is 467. The Morgan fingerprint density at radius 3 is 2.18 bits per heavy atom. The Kier molecular flexibility index (Phi) is 7.62. The third-order valence-electron chi connectivity index (χ3n) is 3.75. The zero-order chi connectivity index (χ0) is 16.7. The molecule has 5 heteroatoms. The van der Waals surface area contributed by atoms with Crippen LogP contribution >= 0.6 is 0 Å².